The minimum atomic E-state index is -3.42. The first kappa shape index (κ1) is 37.6. The van der Waals surface area contributed by atoms with Crippen LogP contribution in [-0.4, -0.2) is 76.7 Å². The Morgan fingerprint density at radius 3 is 2.06 bits per heavy atom. The molecule has 1 aromatic carbocycles. The molecule has 3 N–H and O–H groups in total. The number of anilines is 1. The molecule has 3 atom stereocenters. The largest absolute Gasteiger partial charge is 0.339 e. The molecular formula is C35H46F6N6O3. The maximum atomic E-state index is 15.5. The lowest BCUT2D eigenvalue weighted by atomic mass is 9.66. The van der Waals surface area contributed by atoms with Crippen molar-refractivity contribution in [2.75, 3.05) is 25.0 Å². The molecule has 9 nitrogen and oxygen atoms in total. The van der Waals surface area contributed by atoms with Crippen LogP contribution in [0.2, 0.25) is 0 Å². The number of carbonyl (C=O) groups excluding carboxylic acids is 3. The average Bonchev–Trinajstić information content (AvgIpc) is 3.56. The number of nitrogens with one attached hydrogen (secondary N) is 3. The van der Waals surface area contributed by atoms with E-state index in [1.165, 1.54) is 36.0 Å². The minimum Gasteiger partial charge on any atom is -0.339 e. The molecule has 2 aromatic rings. The molecule has 50 heavy (non-hydrogen) atoms. The number of benzene rings is 1. The molecule has 15 heteroatoms. The van der Waals surface area contributed by atoms with Crippen LogP contribution in [0.25, 0.3) is 0 Å². The van der Waals surface area contributed by atoms with Crippen molar-refractivity contribution in [1.29, 1.82) is 0 Å². The third-order valence-corrected chi connectivity index (χ3v) is 10.5. The van der Waals surface area contributed by atoms with Gasteiger partial charge in [0.15, 0.2) is 0 Å². The molecule has 3 fully saturated rings. The predicted molar refractivity (Wildman–Crippen MR) is 174 cm³/mol. The highest BCUT2D eigenvalue weighted by atomic mass is 19.3. The first-order chi connectivity index (χ1) is 23.8. The number of amides is 3. The second-order valence-electron chi connectivity index (χ2n) is 14.0. The topological polar surface area (TPSA) is 108 Å². The Bertz CT molecular complexity index is 1450. The number of carbonyl (C=O) groups is 3. The van der Waals surface area contributed by atoms with Crippen molar-refractivity contribution in [3.63, 3.8) is 0 Å². The smallest absolute Gasteiger partial charge is 0.287 e. The maximum Gasteiger partial charge on any atom is 0.287 e. The molecule has 3 aliphatic rings. The molecule has 0 bridgehead atoms. The number of aromatic nitrogens is 2. The van der Waals surface area contributed by atoms with Crippen LogP contribution >= 0.6 is 0 Å². The summed E-state index contributed by atoms with van der Waals surface area (Å²) in [7, 11) is 0. The van der Waals surface area contributed by atoms with Gasteiger partial charge in [-0.3, -0.25) is 24.0 Å². The summed E-state index contributed by atoms with van der Waals surface area (Å²) >= 11 is 0. The Morgan fingerprint density at radius 2 is 1.50 bits per heavy atom. The van der Waals surface area contributed by atoms with Gasteiger partial charge in [0, 0.05) is 12.7 Å². The van der Waals surface area contributed by atoms with Gasteiger partial charge in [0.05, 0.1) is 31.2 Å². The molecule has 5 rings (SSSR count). The van der Waals surface area contributed by atoms with Crippen LogP contribution in [0, 0.1) is 23.6 Å². The van der Waals surface area contributed by atoms with Gasteiger partial charge in [0.25, 0.3) is 18.3 Å². The Hall–Kier alpha value is -3.62. The van der Waals surface area contributed by atoms with Gasteiger partial charge in [-0.15, -0.1) is 0 Å². The molecule has 3 unspecified atom stereocenters. The molecule has 0 spiro atoms. The van der Waals surface area contributed by atoms with Gasteiger partial charge in [0.1, 0.15) is 17.6 Å². The highest BCUT2D eigenvalue weighted by Gasteiger charge is 2.44. The summed E-state index contributed by atoms with van der Waals surface area (Å²) in [6.45, 7) is 1.06. The average molecular weight is 713 g/mol. The normalized spacial score (nSPS) is 20.6. The molecule has 2 aliphatic carbocycles. The summed E-state index contributed by atoms with van der Waals surface area (Å²) in [6, 6.07) is 4.04. The van der Waals surface area contributed by atoms with Crippen molar-refractivity contribution in [3.8, 4) is 0 Å². The number of halogens is 6. The van der Waals surface area contributed by atoms with Gasteiger partial charge in [-0.1, -0.05) is 70.3 Å². The van der Waals surface area contributed by atoms with Crippen LogP contribution in [0.1, 0.15) is 93.1 Å². The molecule has 276 valence electrons. The summed E-state index contributed by atoms with van der Waals surface area (Å²) in [4.78, 5) is 42.0. The highest BCUT2D eigenvalue weighted by molar-refractivity contribution is 6.01. The van der Waals surface area contributed by atoms with Crippen LogP contribution in [0.5, 0.6) is 0 Å². The molecule has 3 amide bonds. The number of likely N-dealkylation sites (tertiary alicyclic amines) is 1. The first-order valence-corrected chi connectivity index (χ1v) is 17.6. The lowest BCUT2D eigenvalue weighted by molar-refractivity contribution is -0.131. The van der Waals surface area contributed by atoms with E-state index in [0.717, 1.165) is 70.3 Å². The van der Waals surface area contributed by atoms with Crippen LogP contribution < -0.4 is 16.0 Å². The lowest BCUT2D eigenvalue weighted by Gasteiger charge is -2.42. The second kappa shape index (κ2) is 16.6. The second-order valence-corrected chi connectivity index (χ2v) is 14.0. The highest BCUT2D eigenvalue weighted by Crippen LogP contribution is 2.42. The number of rotatable bonds is 14. The summed E-state index contributed by atoms with van der Waals surface area (Å²) in [6.07, 6.45) is 4.91. The van der Waals surface area contributed by atoms with Gasteiger partial charge < -0.3 is 16.0 Å². The van der Waals surface area contributed by atoms with E-state index < -0.39 is 54.1 Å². The predicted octanol–water partition coefficient (Wildman–Crippen LogP) is 6.27. The molecule has 2 heterocycles. The van der Waals surface area contributed by atoms with E-state index in [9.17, 15) is 36.3 Å². The van der Waals surface area contributed by atoms with E-state index in [0.29, 0.717) is 0 Å². The number of hydrogen-bond donors (Lipinski definition) is 3. The summed E-state index contributed by atoms with van der Waals surface area (Å²) in [5, 5.41) is 11.4. The van der Waals surface area contributed by atoms with Gasteiger partial charge >= 0.3 is 0 Å². The van der Waals surface area contributed by atoms with Crippen LogP contribution in [-0.2, 0) is 16.1 Å². The molecule has 0 radical (unpaired) electrons. The van der Waals surface area contributed by atoms with Gasteiger partial charge in [-0.25, -0.2) is 26.3 Å². The minimum absolute atomic E-state index is 0.0850. The van der Waals surface area contributed by atoms with Crippen LogP contribution in [0.15, 0.2) is 30.5 Å². The van der Waals surface area contributed by atoms with Crippen molar-refractivity contribution < 1.29 is 40.7 Å². The van der Waals surface area contributed by atoms with Crippen LogP contribution in [0.3, 0.4) is 0 Å². The van der Waals surface area contributed by atoms with Gasteiger partial charge in [-0.05, 0) is 48.4 Å². The van der Waals surface area contributed by atoms with Crippen molar-refractivity contribution in [3.05, 3.63) is 47.5 Å². The zero-order valence-corrected chi connectivity index (χ0v) is 28.2. The zero-order chi connectivity index (χ0) is 36.0. The van der Waals surface area contributed by atoms with Gasteiger partial charge in [0.2, 0.25) is 18.1 Å². The Kier molecular flexibility index (Phi) is 12.5. The molecule has 1 aliphatic heterocycles. The van der Waals surface area contributed by atoms with Crippen LogP contribution in [0.4, 0.5) is 32.0 Å². The molecule has 1 saturated heterocycles. The fourth-order valence-corrected chi connectivity index (χ4v) is 7.81. The third kappa shape index (κ3) is 9.38. The standard InChI is InChI=1S/C35H46F6N6O3/c1-21(32(48)45-31(39)30(37)38)24-12-13-26(25(36)18-24)43-34(50)29(28(22-8-4-2-5-9-22)23-10-6-3-7-11-23)44-33(49)27-14-15-42-47(27)17-16-46-19-35(40,41)20-46/h12-15,18,21-23,28-31H,2-11,16-17,19-20H2,1H3,(H,43,50)(H,44,49)(H,45,48). The third-order valence-electron chi connectivity index (χ3n) is 10.5. The maximum absolute atomic E-state index is 15.5. The summed E-state index contributed by atoms with van der Waals surface area (Å²) < 4.78 is 82.2. The van der Waals surface area contributed by atoms with E-state index in [4.69, 9.17) is 0 Å². The Morgan fingerprint density at radius 1 is 0.880 bits per heavy atom. The van der Waals surface area contributed by atoms with Crippen molar-refractivity contribution >= 4 is 23.4 Å². The van der Waals surface area contributed by atoms with E-state index in [2.05, 4.69) is 15.7 Å². The molecular weight excluding hydrogens is 666 g/mol. The quantitative estimate of drug-likeness (QED) is 0.158. The lowest BCUT2D eigenvalue weighted by Crippen LogP contribution is -2.56. The van der Waals surface area contributed by atoms with Gasteiger partial charge in [-0.2, -0.15) is 5.10 Å². The van der Waals surface area contributed by atoms with E-state index in [-0.39, 0.29) is 60.9 Å². The SMILES string of the molecule is CC(C(=O)NC(F)C(F)F)c1ccc(NC(=O)C(NC(=O)c2ccnn2CCN2CC(F)(F)C2)C(C2CCCCC2)C2CCCCC2)c(F)c1. The molecule has 2 saturated carbocycles. The number of hydrogen-bond acceptors (Lipinski definition) is 5. The Labute approximate surface area is 287 Å². The van der Waals surface area contributed by atoms with E-state index in [1.54, 1.807) is 10.2 Å². The summed E-state index contributed by atoms with van der Waals surface area (Å²) in [5.41, 5.74) is 0.0529. The molecule has 1 aromatic heterocycles. The zero-order valence-electron chi connectivity index (χ0n) is 28.2. The fraction of sp³-hybridized carbons (Fsp3) is 0.657. The van der Waals surface area contributed by atoms with Crippen molar-refractivity contribution in [2.45, 2.75) is 108 Å². The monoisotopic (exact) mass is 712 g/mol. The summed E-state index contributed by atoms with van der Waals surface area (Å²) in [5.74, 6) is -6.92. The number of alkyl halides is 5. The number of nitrogens with zero attached hydrogens (tertiary/aromatic N) is 3. The first-order valence-electron chi connectivity index (χ1n) is 17.6. The van der Waals surface area contributed by atoms with E-state index >= 15 is 4.39 Å². The van der Waals surface area contributed by atoms with Crippen molar-refractivity contribution in [2.24, 2.45) is 17.8 Å². The van der Waals surface area contributed by atoms with E-state index in [1.807, 2.05) is 0 Å². The Balaban J connectivity index is 1.37. The fourth-order valence-electron chi connectivity index (χ4n) is 7.81. The van der Waals surface area contributed by atoms with Crippen molar-refractivity contribution in [1.82, 2.24) is 25.3 Å².